The van der Waals surface area contributed by atoms with Gasteiger partial charge < -0.3 is 5.32 Å². The van der Waals surface area contributed by atoms with Crippen molar-refractivity contribution in [3.8, 4) is 0 Å². The van der Waals surface area contributed by atoms with Crippen LogP contribution in [-0.4, -0.2) is 25.0 Å². The molecule has 0 atom stereocenters. The highest BCUT2D eigenvalue weighted by atomic mass is 15.1. The summed E-state index contributed by atoms with van der Waals surface area (Å²) in [7, 11) is 4.24. The summed E-state index contributed by atoms with van der Waals surface area (Å²) in [4.78, 5) is 2.52. The van der Waals surface area contributed by atoms with Gasteiger partial charge in [-0.2, -0.15) is 0 Å². The molecule has 0 heterocycles. The standard InChI is InChI=1S/C15H24N2/c1-16-14-8-6-7-13(11-14)12-17(2)15-9-4-3-5-10-15/h6-8,11,15-16H,3-5,9-10,12H2,1-2H3. The van der Waals surface area contributed by atoms with Crippen molar-refractivity contribution < 1.29 is 0 Å². The predicted octanol–water partition coefficient (Wildman–Crippen LogP) is 3.49. The minimum Gasteiger partial charge on any atom is -0.388 e. The number of hydrogen-bond acceptors (Lipinski definition) is 2. The summed E-state index contributed by atoms with van der Waals surface area (Å²) in [5.74, 6) is 0. The van der Waals surface area contributed by atoms with Gasteiger partial charge in [-0.3, -0.25) is 4.90 Å². The molecule has 94 valence electrons. The molecule has 1 aliphatic rings. The van der Waals surface area contributed by atoms with E-state index in [0.29, 0.717) is 0 Å². The van der Waals surface area contributed by atoms with Crippen LogP contribution in [0.3, 0.4) is 0 Å². The van der Waals surface area contributed by atoms with E-state index < -0.39 is 0 Å². The van der Waals surface area contributed by atoms with Crippen LogP contribution in [0.4, 0.5) is 5.69 Å². The molecule has 1 aromatic rings. The molecule has 1 saturated carbocycles. The van der Waals surface area contributed by atoms with Crippen molar-refractivity contribution in [1.29, 1.82) is 0 Å². The zero-order valence-corrected chi connectivity index (χ0v) is 11.1. The Kier molecular flexibility index (Phi) is 4.43. The zero-order chi connectivity index (χ0) is 12.1. The first-order valence-corrected chi connectivity index (χ1v) is 6.76. The van der Waals surface area contributed by atoms with E-state index in [4.69, 9.17) is 0 Å². The van der Waals surface area contributed by atoms with Crippen molar-refractivity contribution in [1.82, 2.24) is 4.90 Å². The van der Waals surface area contributed by atoms with E-state index in [1.54, 1.807) is 0 Å². The number of anilines is 1. The second kappa shape index (κ2) is 6.06. The first kappa shape index (κ1) is 12.4. The third-order valence-corrected chi connectivity index (χ3v) is 3.85. The van der Waals surface area contributed by atoms with Gasteiger partial charge in [0.2, 0.25) is 0 Å². The number of rotatable bonds is 4. The van der Waals surface area contributed by atoms with Crippen LogP contribution in [0.25, 0.3) is 0 Å². The van der Waals surface area contributed by atoms with Gasteiger partial charge in [-0.1, -0.05) is 31.4 Å². The normalized spacial score (nSPS) is 17.4. The Bertz CT molecular complexity index is 343. The van der Waals surface area contributed by atoms with Crippen LogP contribution in [0.5, 0.6) is 0 Å². The Labute approximate surface area is 105 Å². The average Bonchev–Trinajstić information content (AvgIpc) is 2.40. The third kappa shape index (κ3) is 3.47. The fraction of sp³-hybridized carbons (Fsp3) is 0.600. The van der Waals surface area contributed by atoms with Gasteiger partial charge in [0.05, 0.1) is 0 Å². The molecular formula is C15H24N2. The molecule has 0 unspecified atom stereocenters. The van der Waals surface area contributed by atoms with Crippen molar-refractivity contribution in [3.05, 3.63) is 29.8 Å². The maximum atomic E-state index is 3.20. The molecule has 1 aliphatic carbocycles. The zero-order valence-electron chi connectivity index (χ0n) is 11.1. The second-order valence-corrected chi connectivity index (χ2v) is 5.16. The van der Waals surface area contributed by atoms with Crippen molar-refractivity contribution in [2.75, 3.05) is 19.4 Å². The van der Waals surface area contributed by atoms with Crippen LogP contribution < -0.4 is 5.32 Å². The Balaban J connectivity index is 1.94. The molecule has 0 saturated heterocycles. The van der Waals surface area contributed by atoms with E-state index in [9.17, 15) is 0 Å². The molecule has 0 amide bonds. The Morgan fingerprint density at radius 1 is 1.24 bits per heavy atom. The molecule has 1 fully saturated rings. The molecule has 1 aromatic carbocycles. The molecule has 0 spiro atoms. The van der Waals surface area contributed by atoms with Crippen LogP contribution >= 0.6 is 0 Å². The number of hydrogen-bond donors (Lipinski definition) is 1. The monoisotopic (exact) mass is 232 g/mol. The SMILES string of the molecule is CNc1cccc(CN(C)C2CCCCC2)c1. The van der Waals surface area contributed by atoms with Gasteiger partial charge in [-0.05, 0) is 37.6 Å². The number of nitrogens with one attached hydrogen (secondary N) is 1. The smallest absolute Gasteiger partial charge is 0.0340 e. The molecule has 0 aliphatic heterocycles. The summed E-state index contributed by atoms with van der Waals surface area (Å²) < 4.78 is 0. The topological polar surface area (TPSA) is 15.3 Å². The summed E-state index contributed by atoms with van der Waals surface area (Å²) in [6, 6.07) is 9.52. The number of benzene rings is 1. The summed E-state index contributed by atoms with van der Waals surface area (Å²) in [6.45, 7) is 1.07. The first-order chi connectivity index (χ1) is 8.29. The van der Waals surface area contributed by atoms with Crippen LogP contribution in [0.15, 0.2) is 24.3 Å². The lowest BCUT2D eigenvalue weighted by molar-refractivity contribution is 0.184. The van der Waals surface area contributed by atoms with Gasteiger partial charge in [0.15, 0.2) is 0 Å². The Morgan fingerprint density at radius 2 is 2.00 bits per heavy atom. The van der Waals surface area contributed by atoms with Crippen LogP contribution in [0.1, 0.15) is 37.7 Å². The maximum absolute atomic E-state index is 3.20. The van der Waals surface area contributed by atoms with Crippen molar-refractivity contribution in [3.63, 3.8) is 0 Å². The van der Waals surface area contributed by atoms with Crippen molar-refractivity contribution in [2.24, 2.45) is 0 Å². The fourth-order valence-electron chi connectivity index (χ4n) is 2.76. The average molecular weight is 232 g/mol. The molecule has 0 aromatic heterocycles. The van der Waals surface area contributed by atoms with E-state index in [0.717, 1.165) is 12.6 Å². The van der Waals surface area contributed by atoms with E-state index in [2.05, 4.69) is 41.5 Å². The lowest BCUT2D eigenvalue weighted by Crippen LogP contribution is -2.32. The molecule has 17 heavy (non-hydrogen) atoms. The molecule has 0 radical (unpaired) electrons. The highest BCUT2D eigenvalue weighted by Crippen LogP contribution is 2.23. The molecule has 2 heteroatoms. The highest BCUT2D eigenvalue weighted by Gasteiger charge is 2.17. The number of nitrogens with zero attached hydrogens (tertiary/aromatic N) is 1. The van der Waals surface area contributed by atoms with E-state index in [1.807, 2.05) is 7.05 Å². The molecular weight excluding hydrogens is 208 g/mol. The predicted molar refractivity (Wildman–Crippen MR) is 74.3 cm³/mol. The summed E-state index contributed by atoms with van der Waals surface area (Å²) in [5.41, 5.74) is 2.62. The van der Waals surface area contributed by atoms with Crippen molar-refractivity contribution >= 4 is 5.69 Å². The summed E-state index contributed by atoms with van der Waals surface area (Å²) in [6.07, 6.45) is 7.00. The van der Waals surface area contributed by atoms with Gasteiger partial charge in [0.25, 0.3) is 0 Å². The molecule has 1 N–H and O–H groups in total. The molecule has 0 bridgehead atoms. The van der Waals surface area contributed by atoms with Gasteiger partial charge in [0, 0.05) is 25.3 Å². The first-order valence-electron chi connectivity index (χ1n) is 6.76. The maximum Gasteiger partial charge on any atom is 0.0340 e. The minimum absolute atomic E-state index is 0.794. The van der Waals surface area contributed by atoms with Gasteiger partial charge in [-0.15, -0.1) is 0 Å². The van der Waals surface area contributed by atoms with Crippen LogP contribution in [0, 0.1) is 0 Å². The quantitative estimate of drug-likeness (QED) is 0.855. The highest BCUT2D eigenvalue weighted by molar-refractivity contribution is 5.44. The molecule has 2 nitrogen and oxygen atoms in total. The second-order valence-electron chi connectivity index (χ2n) is 5.16. The molecule has 2 rings (SSSR count). The lowest BCUT2D eigenvalue weighted by atomic mass is 9.94. The lowest BCUT2D eigenvalue weighted by Gasteiger charge is -2.31. The minimum atomic E-state index is 0.794. The third-order valence-electron chi connectivity index (χ3n) is 3.85. The van der Waals surface area contributed by atoms with Crippen LogP contribution in [-0.2, 0) is 6.54 Å². The van der Waals surface area contributed by atoms with Gasteiger partial charge in [-0.25, -0.2) is 0 Å². The van der Waals surface area contributed by atoms with E-state index >= 15 is 0 Å². The van der Waals surface area contributed by atoms with Gasteiger partial charge in [0.1, 0.15) is 0 Å². The van der Waals surface area contributed by atoms with Crippen molar-refractivity contribution in [2.45, 2.75) is 44.7 Å². The Hall–Kier alpha value is -1.02. The summed E-state index contributed by atoms with van der Waals surface area (Å²) >= 11 is 0. The Morgan fingerprint density at radius 3 is 2.71 bits per heavy atom. The van der Waals surface area contributed by atoms with E-state index in [1.165, 1.54) is 43.4 Å². The summed E-state index contributed by atoms with van der Waals surface area (Å²) in [5, 5.41) is 3.20. The van der Waals surface area contributed by atoms with Crippen LogP contribution in [0.2, 0.25) is 0 Å². The largest absolute Gasteiger partial charge is 0.388 e. The fourth-order valence-corrected chi connectivity index (χ4v) is 2.76. The van der Waals surface area contributed by atoms with Gasteiger partial charge >= 0.3 is 0 Å². The van der Waals surface area contributed by atoms with E-state index in [-0.39, 0.29) is 0 Å².